The molecule has 1 saturated heterocycles. The number of nitrogens with one attached hydrogen (secondary N) is 1. The van der Waals surface area contributed by atoms with Crippen molar-refractivity contribution >= 4 is 23.7 Å². The first-order chi connectivity index (χ1) is 9.33. The number of piperazine rings is 1. The maximum atomic E-state index is 13.4. The molecule has 1 aromatic carbocycles. The summed E-state index contributed by atoms with van der Waals surface area (Å²) in [6, 6.07) is 7.11. The lowest BCUT2D eigenvalue weighted by atomic mass is 10.0. The van der Waals surface area contributed by atoms with Crippen molar-refractivity contribution in [1.29, 1.82) is 0 Å². The van der Waals surface area contributed by atoms with Crippen molar-refractivity contribution in [2.45, 2.75) is 12.6 Å². The van der Waals surface area contributed by atoms with Crippen molar-refractivity contribution in [1.82, 2.24) is 15.2 Å². The Kier molecular flexibility index (Phi) is 5.48. The van der Waals surface area contributed by atoms with E-state index in [1.54, 1.807) is 23.5 Å². The predicted molar refractivity (Wildman–Crippen MR) is 81.8 cm³/mol. The average Bonchev–Trinajstić information content (AvgIpc) is 2.92. The van der Waals surface area contributed by atoms with Gasteiger partial charge >= 0.3 is 0 Å². The molecule has 1 aromatic heterocycles. The summed E-state index contributed by atoms with van der Waals surface area (Å²) in [6.07, 6.45) is 1.83. The summed E-state index contributed by atoms with van der Waals surface area (Å²) in [7, 11) is 0. The summed E-state index contributed by atoms with van der Waals surface area (Å²) < 4.78 is 13.4. The summed E-state index contributed by atoms with van der Waals surface area (Å²) >= 11 is 1.67. The van der Waals surface area contributed by atoms with Crippen LogP contribution >= 0.6 is 23.7 Å². The Balaban J connectivity index is 0.00000147. The summed E-state index contributed by atoms with van der Waals surface area (Å²) in [5, 5.41) is 6.49. The van der Waals surface area contributed by atoms with Crippen molar-refractivity contribution in [3.63, 3.8) is 0 Å². The van der Waals surface area contributed by atoms with Crippen molar-refractivity contribution in [3.05, 3.63) is 52.2 Å². The lowest BCUT2D eigenvalue weighted by Gasteiger charge is -2.36. The van der Waals surface area contributed by atoms with Gasteiger partial charge in [0.05, 0.1) is 6.54 Å². The standard InChI is InChI=1S/C14H16FN3S.ClH/c15-12-3-1-2-11(8-12)13-9-16-4-6-18(13)10-14-17-5-7-19-14;/h1-3,5,7-8,13,16H,4,6,9-10H2;1H. The zero-order chi connectivity index (χ0) is 13.1. The number of nitrogens with zero attached hydrogens (tertiary/aromatic N) is 2. The van der Waals surface area contributed by atoms with Crippen LogP contribution in [0.2, 0.25) is 0 Å². The van der Waals surface area contributed by atoms with Gasteiger partial charge in [0, 0.05) is 37.3 Å². The molecular weight excluding hydrogens is 297 g/mol. The topological polar surface area (TPSA) is 28.2 Å². The smallest absolute Gasteiger partial charge is 0.123 e. The zero-order valence-electron chi connectivity index (χ0n) is 11.0. The lowest BCUT2D eigenvalue weighted by Crippen LogP contribution is -2.45. The number of thiazole rings is 1. The minimum absolute atomic E-state index is 0. The van der Waals surface area contributed by atoms with Gasteiger partial charge in [0.25, 0.3) is 0 Å². The van der Waals surface area contributed by atoms with Gasteiger partial charge in [-0.3, -0.25) is 4.90 Å². The quantitative estimate of drug-likeness (QED) is 0.944. The van der Waals surface area contributed by atoms with Gasteiger partial charge in [-0.05, 0) is 17.7 Å². The molecule has 2 aromatic rings. The third-order valence-electron chi connectivity index (χ3n) is 3.41. The monoisotopic (exact) mass is 313 g/mol. The van der Waals surface area contributed by atoms with E-state index in [2.05, 4.69) is 15.2 Å². The number of hydrogen-bond acceptors (Lipinski definition) is 4. The second kappa shape index (κ2) is 7.13. The van der Waals surface area contributed by atoms with E-state index in [0.29, 0.717) is 0 Å². The van der Waals surface area contributed by atoms with Crippen LogP contribution in [-0.2, 0) is 6.54 Å². The van der Waals surface area contributed by atoms with Crippen LogP contribution in [0.3, 0.4) is 0 Å². The molecule has 6 heteroatoms. The van der Waals surface area contributed by atoms with E-state index in [-0.39, 0.29) is 24.3 Å². The van der Waals surface area contributed by atoms with Gasteiger partial charge in [-0.25, -0.2) is 9.37 Å². The normalized spacial score (nSPS) is 19.6. The van der Waals surface area contributed by atoms with Crippen molar-refractivity contribution in [2.24, 2.45) is 0 Å². The molecule has 0 bridgehead atoms. The fourth-order valence-corrected chi connectivity index (χ4v) is 3.12. The molecule has 1 aliphatic heterocycles. The average molecular weight is 314 g/mol. The van der Waals surface area contributed by atoms with Gasteiger partial charge in [0.1, 0.15) is 10.8 Å². The number of halogens is 2. The van der Waals surface area contributed by atoms with Crippen LogP contribution in [0.4, 0.5) is 4.39 Å². The molecule has 0 aliphatic carbocycles. The third-order valence-corrected chi connectivity index (χ3v) is 4.17. The summed E-state index contributed by atoms with van der Waals surface area (Å²) in [5.74, 6) is -0.169. The highest BCUT2D eigenvalue weighted by Crippen LogP contribution is 2.25. The van der Waals surface area contributed by atoms with E-state index in [1.807, 2.05) is 17.6 Å². The molecule has 1 unspecified atom stereocenters. The molecule has 3 rings (SSSR count). The molecule has 0 spiro atoms. The number of aromatic nitrogens is 1. The fourth-order valence-electron chi connectivity index (χ4n) is 2.48. The fraction of sp³-hybridized carbons (Fsp3) is 0.357. The van der Waals surface area contributed by atoms with Crippen LogP contribution in [0.5, 0.6) is 0 Å². The van der Waals surface area contributed by atoms with Gasteiger partial charge in [-0.15, -0.1) is 23.7 Å². The predicted octanol–water partition coefficient (Wildman–Crippen LogP) is 2.85. The van der Waals surface area contributed by atoms with Gasteiger partial charge in [0.2, 0.25) is 0 Å². The van der Waals surface area contributed by atoms with Crippen LogP contribution in [0.15, 0.2) is 35.8 Å². The van der Waals surface area contributed by atoms with E-state index in [0.717, 1.165) is 36.8 Å². The van der Waals surface area contributed by atoms with E-state index in [1.165, 1.54) is 6.07 Å². The molecule has 1 atom stereocenters. The molecule has 1 N–H and O–H groups in total. The van der Waals surface area contributed by atoms with Crippen LogP contribution in [0.1, 0.15) is 16.6 Å². The molecular formula is C14H17ClFN3S. The first kappa shape index (κ1) is 15.4. The lowest BCUT2D eigenvalue weighted by molar-refractivity contribution is 0.153. The first-order valence-corrected chi connectivity index (χ1v) is 7.29. The Morgan fingerprint density at radius 2 is 2.35 bits per heavy atom. The van der Waals surface area contributed by atoms with Gasteiger partial charge in [0.15, 0.2) is 0 Å². The molecule has 20 heavy (non-hydrogen) atoms. The molecule has 0 radical (unpaired) electrons. The summed E-state index contributed by atoms with van der Waals surface area (Å²) in [5.41, 5.74) is 1.03. The Morgan fingerprint density at radius 3 is 3.10 bits per heavy atom. The SMILES string of the molecule is Cl.Fc1cccc(C2CNCCN2Cc2nccs2)c1. The van der Waals surface area contributed by atoms with Crippen LogP contribution in [0, 0.1) is 5.82 Å². The minimum atomic E-state index is -0.169. The van der Waals surface area contributed by atoms with Crippen LogP contribution in [-0.4, -0.2) is 29.5 Å². The maximum absolute atomic E-state index is 13.4. The number of benzene rings is 1. The van der Waals surface area contributed by atoms with E-state index < -0.39 is 0 Å². The summed E-state index contributed by atoms with van der Waals surface area (Å²) in [6.45, 7) is 3.62. The van der Waals surface area contributed by atoms with Crippen LogP contribution < -0.4 is 5.32 Å². The molecule has 1 aliphatic rings. The molecule has 0 amide bonds. The Morgan fingerprint density at radius 1 is 1.45 bits per heavy atom. The number of rotatable bonds is 3. The van der Waals surface area contributed by atoms with E-state index in [4.69, 9.17) is 0 Å². The maximum Gasteiger partial charge on any atom is 0.123 e. The Hall–Kier alpha value is -1.01. The Labute approximate surface area is 128 Å². The van der Waals surface area contributed by atoms with E-state index in [9.17, 15) is 4.39 Å². The van der Waals surface area contributed by atoms with Crippen molar-refractivity contribution in [3.8, 4) is 0 Å². The number of hydrogen-bond donors (Lipinski definition) is 1. The molecule has 1 fully saturated rings. The van der Waals surface area contributed by atoms with Gasteiger partial charge in [-0.2, -0.15) is 0 Å². The third kappa shape index (κ3) is 3.55. The van der Waals surface area contributed by atoms with Gasteiger partial charge < -0.3 is 5.32 Å². The van der Waals surface area contributed by atoms with Crippen molar-refractivity contribution < 1.29 is 4.39 Å². The molecule has 0 saturated carbocycles. The highest BCUT2D eigenvalue weighted by Gasteiger charge is 2.24. The second-order valence-electron chi connectivity index (χ2n) is 4.67. The highest BCUT2D eigenvalue weighted by molar-refractivity contribution is 7.09. The Bertz CT molecular complexity index is 535. The van der Waals surface area contributed by atoms with Crippen LogP contribution in [0.25, 0.3) is 0 Å². The first-order valence-electron chi connectivity index (χ1n) is 6.41. The minimum Gasteiger partial charge on any atom is -0.314 e. The molecule has 3 nitrogen and oxygen atoms in total. The largest absolute Gasteiger partial charge is 0.314 e. The highest BCUT2D eigenvalue weighted by atomic mass is 35.5. The van der Waals surface area contributed by atoms with Crippen molar-refractivity contribution in [2.75, 3.05) is 19.6 Å². The van der Waals surface area contributed by atoms with Gasteiger partial charge in [-0.1, -0.05) is 12.1 Å². The molecule has 2 heterocycles. The second-order valence-corrected chi connectivity index (χ2v) is 5.65. The zero-order valence-corrected chi connectivity index (χ0v) is 12.6. The molecule has 108 valence electrons. The van der Waals surface area contributed by atoms with E-state index >= 15 is 0 Å². The summed E-state index contributed by atoms with van der Waals surface area (Å²) in [4.78, 5) is 6.70.